The van der Waals surface area contributed by atoms with Crippen molar-refractivity contribution in [2.75, 3.05) is 87.2 Å². The van der Waals surface area contributed by atoms with Crippen molar-refractivity contribution in [1.82, 2.24) is 25.3 Å². The molecule has 0 amide bonds. The lowest BCUT2D eigenvalue weighted by molar-refractivity contribution is 0.0900. The molecule has 0 spiro atoms. The highest BCUT2D eigenvalue weighted by molar-refractivity contribution is 14.0. The van der Waals surface area contributed by atoms with Gasteiger partial charge in [0.1, 0.15) is 0 Å². The Morgan fingerprint density at radius 3 is 2.37 bits per heavy atom. The fourth-order valence-electron chi connectivity index (χ4n) is 3.32. The van der Waals surface area contributed by atoms with Crippen molar-refractivity contribution in [3.05, 3.63) is 0 Å². The molecule has 1 aliphatic rings. The van der Waals surface area contributed by atoms with Gasteiger partial charge in [0.05, 0.1) is 0 Å². The normalized spacial score (nSPS) is 17.9. The first-order valence-electron chi connectivity index (χ1n) is 10.0. The molecule has 0 aromatic rings. The Morgan fingerprint density at radius 2 is 1.81 bits per heavy atom. The maximum atomic E-state index is 5.10. The topological polar surface area (TPSA) is 55.4 Å². The summed E-state index contributed by atoms with van der Waals surface area (Å²) in [5, 5.41) is 6.96. The Morgan fingerprint density at radius 1 is 1.15 bits per heavy atom. The van der Waals surface area contributed by atoms with Gasteiger partial charge in [0, 0.05) is 79.2 Å². The van der Waals surface area contributed by atoms with Gasteiger partial charge in [0.15, 0.2) is 5.96 Å². The number of aliphatic imine (C=N–C) groups is 1. The van der Waals surface area contributed by atoms with Crippen LogP contribution in [0.15, 0.2) is 4.99 Å². The number of ether oxygens (including phenoxy) is 1. The summed E-state index contributed by atoms with van der Waals surface area (Å²) in [6.07, 6.45) is 1.07. The predicted octanol–water partition coefficient (Wildman–Crippen LogP) is 1.01. The van der Waals surface area contributed by atoms with Crippen LogP contribution in [0.1, 0.15) is 20.3 Å². The first kappa shape index (κ1) is 26.8. The number of guanidine groups is 1. The van der Waals surface area contributed by atoms with Crippen LogP contribution in [-0.4, -0.2) is 114 Å². The molecule has 1 rings (SSSR count). The minimum Gasteiger partial charge on any atom is -0.385 e. The lowest BCUT2D eigenvalue weighted by atomic mass is 10.0. The van der Waals surface area contributed by atoms with Gasteiger partial charge in [0.2, 0.25) is 0 Å². The molecule has 1 fully saturated rings. The van der Waals surface area contributed by atoms with Crippen LogP contribution in [0.2, 0.25) is 0 Å². The molecule has 1 aliphatic heterocycles. The molecule has 0 radical (unpaired) electrons. The van der Waals surface area contributed by atoms with Crippen molar-refractivity contribution < 1.29 is 4.74 Å². The van der Waals surface area contributed by atoms with Crippen molar-refractivity contribution in [3.8, 4) is 0 Å². The molecular formula is C19H43IN6O. The summed E-state index contributed by atoms with van der Waals surface area (Å²) in [6.45, 7) is 14.0. The number of rotatable bonds is 11. The Bertz CT molecular complexity index is 388. The molecule has 1 saturated heterocycles. The van der Waals surface area contributed by atoms with E-state index in [1.807, 2.05) is 7.05 Å². The van der Waals surface area contributed by atoms with E-state index < -0.39 is 0 Å². The van der Waals surface area contributed by atoms with Gasteiger partial charge in [-0.1, -0.05) is 13.8 Å². The van der Waals surface area contributed by atoms with Crippen LogP contribution in [0.3, 0.4) is 0 Å². The minimum absolute atomic E-state index is 0. The zero-order chi connectivity index (χ0) is 19.4. The van der Waals surface area contributed by atoms with Crippen LogP contribution in [0.5, 0.6) is 0 Å². The maximum Gasteiger partial charge on any atom is 0.191 e. The Balaban J connectivity index is 0.00000676. The van der Waals surface area contributed by atoms with E-state index in [4.69, 9.17) is 4.74 Å². The second kappa shape index (κ2) is 15.7. The van der Waals surface area contributed by atoms with E-state index in [2.05, 4.69) is 58.3 Å². The Hall–Kier alpha value is -0.160. The SMILES string of the molecule is CN=C(NCCN(C)CCCOC)NCC(C(C)C)N1CCN(C)CC1.I. The molecular weight excluding hydrogens is 455 g/mol. The molecule has 1 heterocycles. The summed E-state index contributed by atoms with van der Waals surface area (Å²) in [7, 11) is 7.95. The second-order valence-corrected chi connectivity index (χ2v) is 7.68. The van der Waals surface area contributed by atoms with E-state index in [1.165, 1.54) is 0 Å². The molecule has 0 bridgehead atoms. The summed E-state index contributed by atoms with van der Waals surface area (Å²) >= 11 is 0. The highest BCUT2D eigenvalue weighted by atomic mass is 127. The van der Waals surface area contributed by atoms with E-state index in [9.17, 15) is 0 Å². The largest absolute Gasteiger partial charge is 0.385 e. The number of nitrogens with zero attached hydrogens (tertiary/aromatic N) is 4. The van der Waals surface area contributed by atoms with Gasteiger partial charge in [-0.2, -0.15) is 0 Å². The quantitative estimate of drug-likeness (QED) is 0.192. The average molecular weight is 498 g/mol. The summed E-state index contributed by atoms with van der Waals surface area (Å²) in [6, 6.07) is 0.541. The zero-order valence-electron chi connectivity index (χ0n) is 18.3. The molecule has 0 saturated carbocycles. The number of hydrogen-bond acceptors (Lipinski definition) is 5. The number of likely N-dealkylation sites (N-methyl/N-ethyl adjacent to an activating group) is 2. The molecule has 0 aromatic heterocycles. The Kier molecular flexibility index (Phi) is 15.6. The van der Waals surface area contributed by atoms with Crippen LogP contribution in [0.4, 0.5) is 0 Å². The highest BCUT2D eigenvalue weighted by Gasteiger charge is 2.24. The van der Waals surface area contributed by atoms with Crippen LogP contribution >= 0.6 is 24.0 Å². The van der Waals surface area contributed by atoms with Crippen molar-refractivity contribution in [2.45, 2.75) is 26.3 Å². The summed E-state index contributed by atoms with van der Waals surface area (Å²) in [5.74, 6) is 1.52. The smallest absolute Gasteiger partial charge is 0.191 e. The third kappa shape index (κ3) is 11.4. The van der Waals surface area contributed by atoms with E-state index in [0.717, 1.165) is 71.3 Å². The van der Waals surface area contributed by atoms with Crippen LogP contribution < -0.4 is 10.6 Å². The minimum atomic E-state index is 0. The van der Waals surface area contributed by atoms with Gasteiger partial charge in [-0.25, -0.2) is 0 Å². The first-order chi connectivity index (χ1) is 12.5. The van der Waals surface area contributed by atoms with E-state index >= 15 is 0 Å². The Labute approximate surface area is 184 Å². The summed E-state index contributed by atoms with van der Waals surface area (Å²) < 4.78 is 5.10. The van der Waals surface area contributed by atoms with E-state index in [1.54, 1.807) is 7.11 Å². The zero-order valence-corrected chi connectivity index (χ0v) is 20.7. The lowest BCUT2D eigenvalue weighted by Gasteiger charge is -2.40. The molecule has 162 valence electrons. The molecule has 0 aromatic carbocycles. The number of hydrogen-bond donors (Lipinski definition) is 2. The van der Waals surface area contributed by atoms with Crippen molar-refractivity contribution in [2.24, 2.45) is 10.9 Å². The van der Waals surface area contributed by atoms with Gasteiger partial charge >= 0.3 is 0 Å². The van der Waals surface area contributed by atoms with Gasteiger partial charge in [-0.15, -0.1) is 24.0 Å². The average Bonchev–Trinajstić information content (AvgIpc) is 2.61. The van der Waals surface area contributed by atoms with Gasteiger partial charge in [-0.05, 0) is 26.4 Å². The fourth-order valence-corrected chi connectivity index (χ4v) is 3.32. The van der Waals surface area contributed by atoms with Gasteiger partial charge < -0.3 is 25.2 Å². The number of piperazine rings is 1. The second-order valence-electron chi connectivity index (χ2n) is 7.68. The van der Waals surface area contributed by atoms with Crippen LogP contribution in [0.25, 0.3) is 0 Å². The number of nitrogens with one attached hydrogen (secondary N) is 2. The van der Waals surface area contributed by atoms with Gasteiger partial charge in [-0.3, -0.25) is 9.89 Å². The monoisotopic (exact) mass is 498 g/mol. The number of methoxy groups -OCH3 is 1. The third-order valence-corrected chi connectivity index (χ3v) is 5.15. The predicted molar refractivity (Wildman–Crippen MR) is 126 cm³/mol. The van der Waals surface area contributed by atoms with Crippen molar-refractivity contribution in [3.63, 3.8) is 0 Å². The highest BCUT2D eigenvalue weighted by Crippen LogP contribution is 2.12. The first-order valence-corrected chi connectivity index (χ1v) is 10.0. The van der Waals surface area contributed by atoms with Crippen LogP contribution in [0, 0.1) is 5.92 Å². The molecule has 8 heteroatoms. The third-order valence-electron chi connectivity index (χ3n) is 5.15. The van der Waals surface area contributed by atoms with Crippen molar-refractivity contribution >= 4 is 29.9 Å². The lowest BCUT2D eigenvalue weighted by Crippen LogP contribution is -2.55. The van der Waals surface area contributed by atoms with Gasteiger partial charge in [0.25, 0.3) is 0 Å². The summed E-state index contributed by atoms with van der Waals surface area (Å²) in [5.41, 5.74) is 0. The molecule has 2 N–H and O–H groups in total. The molecule has 7 nitrogen and oxygen atoms in total. The summed E-state index contributed by atoms with van der Waals surface area (Å²) in [4.78, 5) is 11.7. The van der Waals surface area contributed by atoms with E-state index in [0.29, 0.717) is 12.0 Å². The molecule has 27 heavy (non-hydrogen) atoms. The molecule has 1 unspecified atom stereocenters. The molecule has 0 aliphatic carbocycles. The van der Waals surface area contributed by atoms with E-state index in [-0.39, 0.29) is 24.0 Å². The van der Waals surface area contributed by atoms with Crippen molar-refractivity contribution in [1.29, 1.82) is 0 Å². The van der Waals surface area contributed by atoms with Crippen LogP contribution in [-0.2, 0) is 4.74 Å². The standard InChI is InChI=1S/C19H42N6O.HI/c1-17(2)18(25-13-11-24(5)12-14-25)16-22-19(20-3)21-8-10-23(4)9-7-15-26-6;/h17-18H,7-16H2,1-6H3,(H2,20,21,22);1H. The number of halogens is 1. The molecule has 1 atom stereocenters. The maximum absolute atomic E-state index is 5.10. The fraction of sp³-hybridized carbons (Fsp3) is 0.947.